The highest BCUT2D eigenvalue weighted by atomic mass is 32.1. The van der Waals surface area contributed by atoms with Crippen LogP contribution in [0.2, 0.25) is 0 Å². The number of ether oxygens (including phenoxy) is 1. The number of aromatic nitrogens is 3. The van der Waals surface area contributed by atoms with Crippen LogP contribution in [0, 0.1) is 5.92 Å². The van der Waals surface area contributed by atoms with Crippen molar-refractivity contribution in [3.05, 3.63) is 33.5 Å². The van der Waals surface area contributed by atoms with Crippen LogP contribution >= 0.6 is 11.3 Å². The molecule has 1 atom stereocenters. The minimum Gasteiger partial charge on any atom is -0.378 e. The van der Waals surface area contributed by atoms with Gasteiger partial charge in [0.15, 0.2) is 0 Å². The Labute approximate surface area is 169 Å². The largest absolute Gasteiger partial charge is 0.378 e. The first-order valence-corrected chi connectivity index (χ1v) is 11.2. The van der Waals surface area contributed by atoms with E-state index in [9.17, 15) is 4.79 Å². The lowest BCUT2D eigenvalue weighted by molar-refractivity contribution is 0.0301. The molecule has 3 aliphatic rings. The molecule has 4 heterocycles. The van der Waals surface area contributed by atoms with Gasteiger partial charge < -0.3 is 15.0 Å². The van der Waals surface area contributed by atoms with Crippen LogP contribution in [0.4, 0.5) is 0 Å². The van der Waals surface area contributed by atoms with Crippen molar-refractivity contribution in [2.45, 2.75) is 44.7 Å². The summed E-state index contributed by atoms with van der Waals surface area (Å²) in [6.07, 6.45) is 8.42. The first-order valence-electron chi connectivity index (χ1n) is 10.3. The number of fused-ring (bicyclic) bond motifs is 1. The molecule has 1 saturated carbocycles. The third-order valence-corrected chi connectivity index (χ3v) is 7.10. The van der Waals surface area contributed by atoms with Gasteiger partial charge in [-0.1, -0.05) is 0 Å². The SMILES string of the molecule is O=C(c1cnn2c1C[C@H](CNCc1cnc(C3CC3)s1)CC2)N1CCOCC1. The van der Waals surface area contributed by atoms with Crippen LogP contribution < -0.4 is 5.32 Å². The van der Waals surface area contributed by atoms with Gasteiger partial charge in [-0.25, -0.2) is 4.98 Å². The zero-order valence-corrected chi connectivity index (χ0v) is 16.9. The van der Waals surface area contributed by atoms with Gasteiger partial charge in [-0.15, -0.1) is 11.3 Å². The highest BCUT2D eigenvalue weighted by molar-refractivity contribution is 7.11. The molecule has 1 aliphatic carbocycles. The van der Waals surface area contributed by atoms with Gasteiger partial charge in [-0.05, 0) is 38.1 Å². The van der Waals surface area contributed by atoms with Gasteiger partial charge in [0.1, 0.15) is 0 Å². The van der Waals surface area contributed by atoms with Gasteiger partial charge in [0.05, 0.1) is 35.7 Å². The van der Waals surface area contributed by atoms with Crippen LogP contribution in [-0.4, -0.2) is 58.4 Å². The summed E-state index contributed by atoms with van der Waals surface area (Å²) < 4.78 is 7.39. The average molecular weight is 402 g/mol. The van der Waals surface area contributed by atoms with Gasteiger partial charge >= 0.3 is 0 Å². The number of carbonyl (C=O) groups excluding carboxylic acids is 1. The molecule has 0 unspecified atom stereocenters. The number of carbonyl (C=O) groups is 1. The summed E-state index contributed by atoms with van der Waals surface area (Å²) >= 11 is 1.85. The second-order valence-corrected chi connectivity index (χ2v) is 9.21. The average Bonchev–Trinajstić information content (AvgIpc) is 3.33. The maximum atomic E-state index is 12.9. The lowest BCUT2D eigenvalue weighted by Crippen LogP contribution is -2.41. The zero-order valence-electron chi connectivity index (χ0n) is 16.1. The monoisotopic (exact) mass is 401 g/mol. The minimum absolute atomic E-state index is 0.107. The maximum Gasteiger partial charge on any atom is 0.257 e. The summed E-state index contributed by atoms with van der Waals surface area (Å²) in [6, 6.07) is 0. The van der Waals surface area contributed by atoms with Gasteiger partial charge in [0.2, 0.25) is 0 Å². The summed E-state index contributed by atoms with van der Waals surface area (Å²) in [6.45, 7) is 5.35. The maximum absolute atomic E-state index is 12.9. The number of morpholine rings is 1. The van der Waals surface area contributed by atoms with Crippen molar-refractivity contribution in [3.8, 4) is 0 Å². The number of hydrogen-bond acceptors (Lipinski definition) is 6. The van der Waals surface area contributed by atoms with Gasteiger partial charge in [-0.2, -0.15) is 5.10 Å². The van der Waals surface area contributed by atoms with Crippen molar-refractivity contribution in [3.63, 3.8) is 0 Å². The summed E-state index contributed by atoms with van der Waals surface area (Å²) in [5, 5.41) is 9.39. The third-order valence-electron chi connectivity index (χ3n) is 5.94. The Balaban J connectivity index is 1.17. The van der Waals surface area contributed by atoms with E-state index in [1.807, 2.05) is 27.1 Å². The first-order chi connectivity index (χ1) is 13.8. The van der Waals surface area contributed by atoms with E-state index in [0.29, 0.717) is 32.2 Å². The number of thiazole rings is 1. The number of hydrogen-bond donors (Lipinski definition) is 1. The molecule has 7 nitrogen and oxygen atoms in total. The fourth-order valence-electron chi connectivity index (χ4n) is 4.11. The van der Waals surface area contributed by atoms with Crippen molar-refractivity contribution in [1.82, 2.24) is 25.0 Å². The van der Waals surface area contributed by atoms with Crippen LogP contribution in [-0.2, 0) is 24.2 Å². The number of rotatable bonds is 6. The second-order valence-electron chi connectivity index (χ2n) is 8.06. The second kappa shape index (κ2) is 7.93. The van der Waals surface area contributed by atoms with Gasteiger partial charge in [0, 0.05) is 43.2 Å². The van der Waals surface area contributed by atoms with E-state index in [0.717, 1.165) is 49.7 Å². The molecule has 0 spiro atoms. The van der Waals surface area contributed by atoms with Crippen molar-refractivity contribution in [2.75, 3.05) is 32.8 Å². The van der Waals surface area contributed by atoms with Gasteiger partial charge in [0.25, 0.3) is 5.91 Å². The van der Waals surface area contributed by atoms with Crippen LogP contribution in [0.15, 0.2) is 12.4 Å². The van der Waals surface area contributed by atoms with Gasteiger partial charge in [-0.3, -0.25) is 9.48 Å². The van der Waals surface area contributed by atoms with Crippen LogP contribution in [0.5, 0.6) is 0 Å². The standard InChI is InChI=1S/C20H27N5O2S/c26-20(24-5-7-27-8-6-24)17-13-23-25-4-3-14(9-18(17)25)10-21-11-16-12-22-19(28-16)15-1-2-15/h12-15,21H,1-11H2/t14-/m1/s1. The van der Waals surface area contributed by atoms with Crippen LogP contribution in [0.3, 0.4) is 0 Å². The van der Waals surface area contributed by atoms with E-state index in [1.165, 1.54) is 22.7 Å². The van der Waals surface area contributed by atoms with Crippen molar-refractivity contribution in [2.24, 2.45) is 5.92 Å². The molecule has 0 bridgehead atoms. The van der Waals surface area contributed by atoms with E-state index in [1.54, 1.807) is 6.20 Å². The Morgan fingerprint density at radius 2 is 2.07 bits per heavy atom. The van der Waals surface area contributed by atoms with Crippen molar-refractivity contribution >= 4 is 17.2 Å². The molecule has 2 aromatic rings. The number of amides is 1. The number of nitrogens with one attached hydrogen (secondary N) is 1. The highest BCUT2D eigenvalue weighted by Crippen LogP contribution is 2.41. The zero-order chi connectivity index (χ0) is 18.9. The van der Waals surface area contributed by atoms with E-state index in [-0.39, 0.29) is 5.91 Å². The molecule has 28 heavy (non-hydrogen) atoms. The highest BCUT2D eigenvalue weighted by Gasteiger charge is 2.29. The molecule has 150 valence electrons. The molecular weight excluding hydrogens is 374 g/mol. The molecular formula is C20H27N5O2S. The molecule has 5 rings (SSSR count). The first kappa shape index (κ1) is 18.3. The number of aryl methyl sites for hydroxylation is 1. The van der Waals surface area contributed by atoms with Crippen molar-refractivity contribution < 1.29 is 9.53 Å². The van der Waals surface area contributed by atoms with E-state index < -0.39 is 0 Å². The molecule has 0 aromatic carbocycles. The fraction of sp³-hybridized carbons (Fsp3) is 0.650. The molecule has 8 heteroatoms. The lowest BCUT2D eigenvalue weighted by atomic mass is 9.94. The molecule has 1 amide bonds. The molecule has 1 N–H and O–H groups in total. The van der Waals surface area contributed by atoms with Crippen LogP contribution in [0.1, 0.15) is 51.1 Å². The Morgan fingerprint density at radius 1 is 1.21 bits per heavy atom. The third kappa shape index (κ3) is 3.86. The number of nitrogens with zero attached hydrogens (tertiary/aromatic N) is 4. The van der Waals surface area contributed by atoms with Crippen LogP contribution in [0.25, 0.3) is 0 Å². The lowest BCUT2D eigenvalue weighted by Gasteiger charge is -2.28. The topological polar surface area (TPSA) is 72.3 Å². The molecule has 2 aromatic heterocycles. The summed E-state index contributed by atoms with van der Waals surface area (Å²) in [7, 11) is 0. The summed E-state index contributed by atoms with van der Waals surface area (Å²) in [4.78, 5) is 20.7. The normalized spacial score (nSPS) is 22.3. The quantitative estimate of drug-likeness (QED) is 0.802. The Hall–Kier alpha value is -1.77. The Kier molecular flexibility index (Phi) is 5.17. The smallest absolute Gasteiger partial charge is 0.257 e. The van der Waals surface area contributed by atoms with E-state index >= 15 is 0 Å². The Morgan fingerprint density at radius 3 is 2.89 bits per heavy atom. The van der Waals surface area contributed by atoms with E-state index in [4.69, 9.17) is 4.74 Å². The fourth-order valence-corrected chi connectivity index (χ4v) is 5.17. The minimum atomic E-state index is 0.107. The Bertz CT molecular complexity index is 838. The summed E-state index contributed by atoms with van der Waals surface area (Å²) in [5.74, 6) is 1.38. The molecule has 1 saturated heterocycles. The predicted molar refractivity (Wildman–Crippen MR) is 107 cm³/mol. The molecule has 2 fully saturated rings. The van der Waals surface area contributed by atoms with Crippen molar-refractivity contribution in [1.29, 1.82) is 0 Å². The molecule has 0 radical (unpaired) electrons. The van der Waals surface area contributed by atoms with E-state index in [2.05, 4.69) is 15.4 Å². The predicted octanol–water partition coefficient (Wildman–Crippen LogP) is 2.04. The summed E-state index contributed by atoms with van der Waals surface area (Å²) in [5.41, 5.74) is 1.88. The molecule has 2 aliphatic heterocycles.